The van der Waals surface area contributed by atoms with E-state index in [-0.39, 0.29) is 148 Å². The maximum absolute atomic E-state index is 12.5. The van der Waals surface area contributed by atoms with Crippen LogP contribution in [0.25, 0.3) is 0 Å². The highest BCUT2D eigenvalue weighted by molar-refractivity contribution is 7.46. The molecule has 4 unspecified atom stereocenters. The van der Waals surface area contributed by atoms with Crippen LogP contribution in [0, 0.1) is 17.8 Å². The number of Topliss-reactive ketones (excluding diaryl/α,β-unsaturated/α-hetero) is 2. The molecule has 1 aliphatic heterocycles. The molecular formula is C87H153N13O38P2-2. The third-order valence-electron chi connectivity index (χ3n) is 19.1. The molecule has 1 saturated carbocycles. The monoisotopic (exact) mass is 2050 g/mol. The van der Waals surface area contributed by atoms with Gasteiger partial charge in [0.2, 0.25) is 0 Å². The van der Waals surface area contributed by atoms with Gasteiger partial charge in [0.25, 0.3) is 15.6 Å². The second-order valence-corrected chi connectivity index (χ2v) is 36.4. The number of rotatable bonds is 47. The summed E-state index contributed by atoms with van der Waals surface area (Å²) in [4.78, 5) is 275. The molecule has 0 radical (unpaired) electrons. The van der Waals surface area contributed by atoms with Gasteiger partial charge in [-0.1, -0.05) is 106 Å². The van der Waals surface area contributed by atoms with Crippen molar-refractivity contribution in [2.45, 2.75) is 152 Å². The van der Waals surface area contributed by atoms with Gasteiger partial charge in [-0.05, 0) is 146 Å². The fraction of sp³-hybridized carbons (Fsp3) is 0.747. The smallest absolute Gasteiger partial charge is 0.373 e. The van der Waals surface area contributed by atoms with Crippen LogP contribution in [0.3, 0.4) is 0 Å². The molecule has 3 rings (SSSR count). The van der Waals surface area contributed by atoms with Crippen molar-refractivity contribution in [1.82, 2.24) is 63.7 Å². The number of hydrogen-bond acceptors (Lipinski definition) is 46. The van der Waals surface area contributed by atoms with Gasteiger partial charge in [0.15, 0.2) is 0 Å². The van der Waals surface area contributed by atoms with Gasteiger partial charge < -0.3 is 82.8 Å². The zero-order valence-electron chi connectivity index (χ0n) is 85.3. The van der Waals surface area contributed by atoms with E-state index in [9.17, 15) is 62.7 Å². The van der Waals surface area contributed by atoms with Crippen LogP contribution in [-0.2, 0) is 153 Å². The fourth-order valence-electron chi connectivity index (χ4n) is 11.4. The number of hydrogen-bond donors (Lipinski definition) is 5. The summed E-state index contributed by atoms with van der Waals surface area (Å²) < 4.78 is 45.2. The van der Waals surface area contributed by atoms with Crippen LogP contribution in [0.5, 0.6) is 0 Å². The lowest BCUT2D eigenvalue weighted by Crippen LogP contribution is -2.48. The Morgan fingerprint density at radius 3 is 1.00 bits per heavy atom. The first-order valence-electron chi connectivity index (χ1n) is 43.6. The van der Waals surface area contributed by atoms with Crippen molar-refractivity contribution in [2.75, 3.05) is 260 Å². The molecule has 2 fully saturated rings. The molecule has 4 atom stereocenters. The van der Waals surface area contributed by atoms with Gasteiger partial charge >= 0.3 is 85.2 Å². The van der Waals surface area contributed by atoms with E-state index < -0.39 is 51.1 Å². The van der Waals surface area contributed by atoms with Crippen LogP contribution < -0.4 is 9.79 Å². The lowest BCUT2D eigenvalue weighted by atomic mass is 9.70. The van der Waals surface area contributed by atoms with Gasteiger partial charge in [-0.15, -0.1) is 0 Å². The highest BCUT2D eigenvalue weighted by Crippen LogP contribution is 2.47. The van der Waals surface area contributed by atoms with Crippen LogP contribution in [0.1, 0.15) is 128 Å². The topological polar surface area (TPSA) is 687 Å². The van der Waals surface area contributed by atoms with Crippen LogP contribution in [0.4, 0.5) is 0 Å². The lowest BCUT2D eigenvalue weighted by molar-refractivity contribution is -0.235. The van der Waals surface area contributed by atoms with Gasteiger partial charge in [-0.25, -0.2) is 0 Å². The number of nitrogens with zero attached hydrogens (tertiary/aromatic N) is 13. The second kappa shape index (κ2) is 97.8. The summed E-state index contributed by atoms with van der Waals surface area (Å²) in [6, 6.07) is 10.2. The summed E-state index contributed by atoms with van der Waals surface area (Å²) in [5, 5.41) is 44.9. The molecule has 1 heterocycles. The SMILES string of the molecule is CC(C)C.CCN(C)CCN(C)CC(COP(=O)([O-])OC(C)(C)C)N(C)C.CCN(CCN(CCN(C)CC(=O)O)CC(=O)C(C)C)CC(=O)O.CCN1CCN(CC(=O)O)CCN(CC(=O)C(C)C)CCN(CC(=O)O)CC1.CN(CCN(C)CC(COP(=O)([O-])OC1CCC(C)(c2ccccc2)CC1)N(C)C)CC(=O)O.O=C=O.O=C=O.O=C=O.O=C=O.O=C=O.O=C=O.O=C=O.O=C=O.O=C=O. The molecule has 51 nitrogen and oxygen atoms in total. The van der Waals surface area contributed by atoms with Gasteiger partial charge in [0, 0.05) is 142 Å². The van der Waals surface area contributed by atoms with Gasteiger partial charge in [-0.3, -0.25) is 77.0 Å². The number of benzene rings is 1. The summed E-state index contributed by atoms with van der Waals surface area (Å²) in [7, 11) is 8.38. The maximum Gasteiger partial charge on any atom is 0.373 e. The molecule has 1 saturated heterocycles. The van der Waals surface area contributed by atoms with E-state index in [0.29, 0.717) is 118 Å². The molecule has 5 N–H and O–H groups in total. The number of carboxylic acids is 5. The lowest BCUT2D eigenvalue weighted by Gasteiger charge is -2.39. The molecule has 1 aromatic rings. The molecule has 1 aliphatic carbocycles. The Kier molecular flexibility index (Phi) is 107. The third-order valence-corrected chi connectivity index (χ3v) is 21.3. The van der Waals surface area contributed by atoms with Crippen LogP contribution in [0.15, 0.2) is 30.3 Å². The van der Waals surface area contributed by atoms with E-state index in [2.05, 4.69) is 68.5 Å². The Labute approximate surface area is 820 Å². The maximum atomic E-state index is 12.5. The zero-order valence-corrected chi connectivity index (χ0v) is 87.1. The van der Waals surface area contributed by atoms with Crippen LogP contribution in [-0.4, -0.2) is 470 Å². The first-order valence-corrected chi connectivity index (χ1v) is 46.5. The molecule has 140 heavy (non-hydrogen) atoms. The van der Waals surface area contributed by atoms with Gasteiger partial charge in [0.05, 0.1) is 70.7 Å². The number of phosphoric acid groups is 2. The van der Waals surface area contributed by atoms with Crippen molar-refractivity contribution in [1.29, 1.82) is 0 Å². The number of likely N-dealkylation sites (N-methyl/N-ethyl adjacent to an activating group) is 9. The van der Waals surface area contributed by atoms with Crippen molar-refractivity contribution in [3.05, 3.63) is 35.9 Å². The number of carboxylic acid groups (broad SMARTS) is 5. The van der Waals surface area contributed by atoms with Gasteiger partial charge in [0.1, 0.15) is 11.6 Å². The van der Waals surface area contributed by atoms with E-state index in [1.165, 1.54) is 5.56 Å². The van der Waals surface area contributed by atoms with Crippen molar-refractivity contribution < 1.29 is 182 Å². The summed E-state index contributed by atoms with van der Waals surface area (Å²) in [6.07, 6.45) is 4.96. The minimum atomic E-state index is -4.43. The highest BCUT2D eigenvalue weighted by atomic mass is 31.2. The molecule has 0 aromatic heterocycles. The minimum absolute atomic E-state index is 0.00245. The van der Waals surface area contributed by atoms with E-state index in [0.717, 1.165) is 64.6 Å². The molecule has 1 aromatic carbocycles. The molecule has 0 spiro atoms. The summed E-state index contributed by atoms with van der Waals surface area (Å²) in [6.45, 7) is 42.0. The molecule has 806 valence electrons. The number of aliphatic carboxylic acids is 5. The number of carbonyl (C=O) groups is 7. The average Bonchev–Trinajstić information content (AvgIpc) is 0.807. The predicted molar refractivity (Wildman–Crippen MR) is 487 cm³/mol. The van der Waals surface area contributed by atoms with Crippen molar-refractivity contribution in [3.8, 4) is 0 Å². The van der Waals surface area contributed by atoms with Crippen LogP contribution in [0.2, 0.25) is 0 Å². The first-order chi connectivity index (χ1) is 65.1. The molecule has 0 bridgehead atoms. The highest BCUT2D eigenvalue weighted by Gasteiger charge is 2.35. The molecular weight excluding hydrogens is 1900 g/mol. The van der Waals surface area contributed by atoms with Crippen molar-refractivity contribution in [3.63, 3.8) is 0 Å². The van der Waals surface area contributed by atoms with Crippen LogP contribution >= 0.6 is 15.6 Å². The minimum Gasteiger partial charge on any atom is -0.756 e. The zero-order chi connectivity index (χ0) is 111. The van der Waals surface area contributed by atoms with E-state index in [1.807, 2.05) is 136 Å². The Balaban J connectivity index is -0.000000161. The average molecular weight is 2050 g/mol. The van der Waals surface area contributed by atoms with E-state index in [4.69, 9.17) is 120 Å². The molecule has 0 amide bonds. The third kappa shape index (κ3) is 110. The standard InChI is InChI=1S/C24H42N3O6P.C19H36N4O5.C16H31N3O5.C15H36N3O4P.C4H10.9CO2/c1-24(20-9-7-6-8-10-20)13-11-22(12-14-24)33-34(30,31)32-19-21(25(2)3)17-26(4)15-16-27(5)18-23(28)29;1-4-20-5-7-22(14-18(25)26)11-9-21(13-17(24)16(2)3)10-12-23(8-6-20)15-19(27)28;1-5-18(12-16(23)24)8-9-19(10-14(20)13(2)3)7-6-17(4)11-15(21)22;1-9-17(7)10-11-18(8)12-14(16(5)6)13-21-23(19,20)22-15(2,3)4;1-4(2)3;9*2-1-3/h6-10,21-22H,11-19H2,1-5H3,(H,28,29)(H,30,31);16H,4-15H2,1-3H3,(H,25,26)(H,27,28);13H,5-12H2,1-4H3,(H,21,22)(H,23,24);14H,9-13H2,1-8H3,(H,19,20);4H,1-3H3;;;;;;;;;/p-2. The summed E-state index contributed by atoms with van der Waals surface area (Å²) in [5.74, 6) is -3.37. The van der Waals surface area contributed by atoms with E-state index >= 15 is 0 Å². The van der Waals surface area contributed by atoms with Crippen molar-refractivity contribution >= 4 is 112 Å². The van der Waals surface area contributed by atoms with E-state index in [1.54, 1.807) is 49.6 Å². The Morgan fingerprint density at radius 2 is 0.707 bits per heavy atom. The van der Waals surface area contributed by atoms with Crippen molar-refractivity contribution in [2.24, 2.45) is 17.8 Å². The summed E-state index contributed by atoms with van der Waals surface area (Å²) >= 11 is 0. The second-order valence-electron chi connectivity index (χ2n) is 33.7. The quantitative estimate of drug-likeness (QED) is 0.0506. The largest absolute Gasteiger partial charge is 0.756 e. The van der Waals surface area contributed by atoms with Gasteiger partial charge in [-0.2, -0.15) is 86.3 Å². The Morgan fingerprint density at radius 1 is 0.414 bits per heavy atom. The first kappa shape index (κ1) is 153. The number of ketones is 2. The predicted octanol–water partition coefficient (Wildman–Crippen LogP) is -0.663. The molecule has 2 aliphatic rings. The summed E-state index contributed by atoms with van der Waals surface area (Å²) in [5.41, 5.74) is 0.530. The Hall–Kier alpha value is -9.97. The number of phosphoric ester groups is 2. The normalized spacial score (nSPS) is 15.3. The molecule has 53 heteroatoms. The fourth-order valence-corrected chi connectivity index (χ4v) is 13.5. The Bertz CT molecular complexity index is 3620. The number of carbonyl (C=O) groups excluding carboxylic acids is 20.